The molecule has 0 fully saturated rings. The number of hydrogen-bond acceptors (Lipinski definition) is 4. The summed E-state index contributed by atoms with van der Waals surface area (Å²) in [5, 5.41) is 1.03. The third kappa shape index (κ3) is 2.20. The summed E-state index contributed by atoms with van der Waals surface area (Å²) >= 11 is 19.6. The van der Waals surface area contributed by atoms with E-state index in [0.29, 0.717) is 25.9 Å². The van der Waals surface area contributed by atoms with Crippen LogP contribution in [0.5, 0.6) is 0 Å². The molecule has 2 aliphatic heterocycles. The van der Waals surface area contributed by atoms with E-state index >= 15 is 0 Å². The summed E-state index contributed by atoms with van der Waals surface area (Å²) in [6.45, 7) is 3.87. The number of anilines is 1. The number of carbonyl (C=O) groups excluding carboxylic acids is 2. The molecule has 0 radical (unpaired) electrons. The molecular formula is C20H12Cl2N2O2S2. The zero-order valence-electron chi connectivity index (χ0n) is 14.7. The van der Waals surface area contributed by atoms with Crippen LogP contribution in [-0.2, 0) is 10.3 Å². The van der Waals surface area contributed by atoms with Crippen LogP contribution in [0, 0.1) is 4.64 Å². The molecule has 0 spiro atoms. The number of ketones is 1. The van der Waals surface area contributed by atoms with Crippen molar-refractivity contribution in [3.63, 3.8) is 0 Å². The number of para-hydroxylation sites is 1. The molecule has 5 rings (SSSR count). The van der Waals surface area contributed by atoms with Crippen molar-refractivity contribution in [1.82, 2.24) is 3.96 Å². The molecule has 3 heterocycles. The van der Waals surface area contributed by atoms with Gasteiger partial charge in [-0.25, -0.2) is 0 Å². The number of benzene rings is 2. The monoisotopic (exact) mass is 446 g/mol. The van der Waals surface area contributed by atoms with Crippen LogP contribution in [0.15, 0.2) is 36.4 Å². The standard InChI is InChI=1S/C20H12Cl2N2O2S2/c1-20(2)17-14(12-4-3-5-13-15(12)23(20)18(26)16(13)25)19(27)24(28-17)11-7-9(21)6-10(22)8-11/h3-8H,1-2H3. The minimum atomic E-state index is -0.715. The summed E-state index contributed by atoms with van der Waals surface area (Å²) in [5.74, 6) is -0.977. The second-order valence-corrected chi connectivity index (χ2v) is 9.47. The quantitative estimate of drug-likeness (QED) is 0.338. The van der Waals surface area contributed by atoms with E-state index in [1.54, 1.807) is 35.2 Å². The Morgan fingerprint density at radius 1 is 1.04 bits per heavy atom. The van der Waals surface area contributed by atoms with E-state index in [9.17, 15) is 9.59 Å². The second-order valence-electron chi connectivity index (χ2n) is 7.25. The van der Waals surface area contributed by atoms with Gasteiger partial charge in [-0.05, 0) is 38.1 Å². The van der Waals surface area contributed by atoms with Gasteiger partial charge in [0.2, 0.25) is 0 Å². The molecule has 0 unspecified atom stereocenters. The summed E-state index contributed by atoms with van der Waals surface area (Å²) in [6.07, 6.45) is 0. The topological polar surface area (TPSA) is 42.3 Å². The van der Waals surface area contributed by atoms with Crippen LogP contribution in [0.4, 0.5) is 5.69 Å². The first-order valence-electron chi connectivity index (χ1n) is 8.47. The molecule has 3 aromatic rings. The van der Waals surface area contributed by atoms with E-state index in [1.807, 2.05) is 23.9 Å². The average molecular weight is 447 g/mol. The Bertz CT molecular complexity index is 1270. The van der Waals surface area contributed by atoms with Crippen LogP contribution in [0.1, 0.15) is 29.1 Å². The van der Waals surface area contributed by atoms with Gasteiger partial charge in [0, 0.05) is 21.2 Å². The van der Waals surface area contributed by atoms with Crippen LogP contribution in [0.3, 0.4) is 0 Å². The van der Waals surface area contributed by atoms with Crippen molar-refractivity contribution < 1.29 is 9.59 Å². The number of nitrogens with zero attached hydrogens (tertiary/aromatic N) is 2. The summed E-state index contributed by atoms with van der Waals surface area (Å²) in [4.78, 5) is 27.8. The zero-order chi connectivity index (χ0) is 20.0. The van der Waals surface area contributed by atoms with Crippen molar-refractivity contribution >= 4 is 64.3 Å². The molecule has 4 nitrogen and oxygen atoms in total. The largest absolute Gasteiger partial charge is 0.300 e. The smallest absolute Gasteiger partial charge is 0.294 e. The highest BCUT2D eigenvalue weighted by molar-refractivity contribution is 7.71. The van der Waals surface area contributed by atoms with E-state index in [-0.39, 0.29) is 0 Å². The summed E-state index contributed by atoms with van der Waals surface area (Å²) in [5.41, 5.74) is 2.81. The molecule has 0 aliphatic carbocycles. The number of hydrogen-bond donors (Lipinski definition) is 0. The van der Waals surface area contributed by atoms with Crippen LogP contribution in [0.2, 0.25) is 10.0 Å². The summed E-state index contributed by atoms with van der Waals surface area (Å²) < 4.78 is 2.50. The molecule has 8 heteroatoms. The van der Waals surface area contributed by atoms with Crippen molar-refractivity contribution in [1.29, 1.82) is 0 Å². The van der Waals surface area contributed by atoms with E-state index in [4.69, 9.17) is 35.4 Å². The van der Waals surface area contributed by atoms with Crippen LogP contribution in [-0.4, -0.2) is 15.6 Å². The van der Waals surface area contributed by atoms with Crippen molar-refractivity contribution in [2.24, 2.45) is 0 Å². The van der Waals surface area contributed by atoms with E-state index in [1.165, 1.54) is 11.5 Å². The number of Topliss-reactive ketones (excluding diaryl/α,β-unsaturated/α-hetero) is 1. The molecule has 0 bridgehead atoms. The minimum Gasteiger partial charge on any atom is -0.294 e. The first kappa shape index (κ1) is 18.1. The predicted molar refractivity (Wildman–Crippen MR) is 115 cm³/mol. The zero-order valence-corrected chi connectivity index (χ0v) is 17.9. The fraction of sp³-hybridized carbons (Fsp3) is 0.150. The second kappa shape index (κ2) is 5.76. The number of aromatic nitrogens is 1. The van der Waals surface area contributed by atoms with Gasteiger partial charge in [0.15, 0.2) is 0 Å². The lowest BCUT2D eigenvalue weighted by Gasteiger charge is -2.39. The molecule has 1 amide bonds. The van der Waals surface area contributed by atoms with Gasteiger partial charge >= 0.3 is 0 Å². The van der Waals surface area contributed by atoms with Gasteiger partial charge in [-0.15, -0.1) is 0 Å². The Labute approximate surface area is 180 Å². The average Bonchev–Trinajstić information content (AvgIpc) is 3.10. The predicted octanol–water partition coefficient (Wildman–Crippen LogP) is 6.02. The fourth-order valence-corrected chi connectivity index (χ4v) is 6.17. The first-order chi connectivity index (χ1) is 13.2. The van der Waals surface area contributed by atoms with Crippen molar-refractivity contribution in [2.45, 2.75) is 19.4 Å². The summed E-state index contributed by atoms with van der Waals surface area (Å²) in [6, 6.07) is 10.7. The summed E-state index contributed by atoms with van der Waals surface area (Å²) in [7, 11) is 0. The lowest BCUT2D eigenvalue weighted by atomic mass is 9.88. The molecule has 28 heavy (non-hydrogen) atoms. The third-order valence-electron chi connectivity index (χ3n) is 5.18. The van der Waals surface area contributed by atoms with Gasteiger partial charge in [0.25, 0.3) is 11.7 Å². The number of rotatable bonds is 1. The Morgan fingerprint density at radius 2 is 1.68 bits per heavy atom. The van der Waals surface area contributed by atoms with Crippen molar-refractivity contribution in [3.8, 4) is 16.8 Å². The molecular weight excluding hydrogens is 435 g/mol. The molecule has 0 saturated heterocycles. The molecule has 140 valence electrons. The number of carbonyl (C=O) groups is 2. The van der Waals surface area contributed by atoms with E-state index < -0.39 is 17.2 Å². The van der Waals surface area contributed by atoms with Crippen molar-refractivity contribution in [3.05, 3.63) is 61.5 Å². The van der Waals surface area contributed by atoms with Gasteiger partial charge in [-0.3, -0.25) is 18.4 Å². The normalized spacial score (nSPS) is 16.4. The van der Waals surface area contributed by atoms with Crippen LogP contribution < -0.4 is 4.90 Å². The minimum absolute atomic E-state index is 0.430. The Kier molecular flexibility index (Phi) is 3.72. The molecule has 0 N–H and O–H groups in total. The highest BCUT2D eigenvalue weighted by Crippen LogP contribution is 2.54. The maximum atomic E-state index is 12.8. The fourth-order valence-electron chi connectivity index (χ4n) is 3.98. The highest BCUT2D eigenvalue weighted by atomic mass is 35.5. The van der Waals surface area contributed by atoms with Gasteiger partial charge < -0.3 is 0 Å². The number of halogens is 2. The Balaban J connectivity index is 1.87. The number of amides is 1. The Morgan fingerprint density at radius 3 is 2.36 bits per heavy atom. The van der Waals surface area contributed by atoms with E-state index in [0.717, 1.165) is 21.7 Å². The SMILES string of the molecule is CC1(C)c2sn(-c3cc(Cl)cc(Cl)c3)c(=S)c2-c2cccc3c2N1C(=O)C3=O. The Hall–Kier alpha value is -1.99. The van der Waals surface area contributed by atoms with Gasteiger partial charge in [-0.2, -0.15) is 0 Å². The highest BCUT2D eigenvalue weighted by Gasteiger charge is 2.51. The lowest BCUT2D eigenvalue weighted by Crippen LogP contribution is -2.46. The number of fused-ring (bicyclic) bond motifs is 2. The molecule has 1 aromatic heterocycles. The molecule has 2 aromatic carbocycles. The van der Waals surface area contributed by atoms with Crippen LogP contribution in [0.25, 0.3) is 16.8 Å². The third-order valence-corrected chi connectivity index (χ3v) is 7.58. The van der Waals surface area contributed by atoms with Gasteiger partial charge in [0.1, 0.15) is 4.64 Å². The lowest BCUT2D eigenvalue weighted by molar-refractivity contribution is -0.115. The maximum Gasteiger partial charge on any atom is 0.300 e. The maximum absolute atomic E-state index is 12.8. The van der Waals surface area contributed by atoms with Gasteiger partial charge in [0.05, 0.1) is 27.4 Å². The van der Waals surface area contributed by atoms with Crippen LogP contribution >= 0.6 is 47.0 Å². The van der Waals surface area contributed by atoms with Gasteiger partial charge in [-0.1, -0.05) is 59.1 Å². The van der Waals surface area contributed by atoms with E-state index in [2.05, 4.69) is 0 Å². The molecule has 2 aliphatic rings. The molecule has 0 saturated carbocycles. The first-order valence-corrected chi connectivity index (χ1v) is 10.4. The van der Waals surface area contributed by atoms with Crippen molar-refractivity contribution in [2.75, 3.05) is 4.90 Å². The molecule has 0 atom stereocenters.